The summed E-state index contributed by atoms with van der Waals surface area (Å²) < 4.78 is 0. The summed E-state index contributed by atoms with van der Waals surface area (Å²) in [5.74, 6) is 0.404. The Morgan fingerprint density at radius 2 is 2.00 bits per heavy atom. The summed E-state index contributed by atoms with van der Waals surface area (Å²) in [5.41, 5.74) is 1.86. The van der Waals surface area contributed by atoms with Gasteiger partial charge in [0.1, 0.15) is 0 Å². The van der Waals surface area contributed by atoms with Gasteiger partial charge in [0.25, 0.3) is 0 Å². The smallest absolute Gasteiger partial charge is 0.315 e. The van der Waals surface area contributed by atoms with Crippen LogP contribution in [0, 0.1) is 5.92 Å². The fourth-order valence-electron chi connectivity index (χ4n) is 2.39. The van der Waals surface area contributed by atoms with Crippen molar-refractivity contribution < 1.29 is 9.90 Å². The van der Waals surface area contributed by atoms with E-state index in [0.717, 1.165) is 16.5 Å². The summed E-state index contributed by atoms with van der Waals surface area (Å²) >= 11 is 0. The predicted octanol–water partition coefficient (Wildman–Crippen LogP) is 2.44. The number of hydrogen-bond acceptors (Lipinski definition) is 3. The summed E-state index contributed by atoms with van der Waals surface area (Å²) in [6, 6.07) is 9.50. The molecule has 1 aromatic heterocycles. The summed E-state index contributed by atoms with van der Waals surface area (Å²) in [7, 11) is 0. The lowest BCUT2D eigenvalue weighted by atomic mass is 10.1. The Morgan fingerprint density at radius 3 is 2.77 bits per heavy atom. The van der Waals surface area contributed by atoms with E-state index in [0.29, 0.717) is 18.9 Å². The first-order valence-corrected chi connectivity index (χ1v) is 7.58. The molecule has 1 heterocycles. The number of rotatable bonds is 6. The molecule has 0 saturated carbocycles. The van der Waals surface area contributed by atoms with E-state index in [1.807, 2.05) is 44.2 Å². The van der Waals surface area contributed by atoms with Crippen molar-refractivity contribution in [2.45, 2.75) is 32.9 Å². The zero-order chi connectivity index (χ0) is 15.9. The van der Waals surface area contributed by atoms with Gasteiger partial charge >= 0.3 is 6.03 Å². The Bertz CT molecular complexity index is 623. The molecule has 1 unspecified atom stereocenters. The van der Waals surface area contributed by atoms with Gasteiger partial charge in [0.05, 0.1) is 11.6 Å². The Morgan fingerprint density at radius 1 is 1.23 bits per heavy atom. The second-order valence-corrected chi connectivity index (χ2v) is 5.84. The van der Waals surface area contributed by atoms with Crippen LogP contribution in [0.4, 0.5) is 4.79 Å². The summed E-state index contributed by atoms with van der Waals surface area (Å²) in [6.07, 6.45) is 1.91. The van der Waals surface area contributed by atoms with Gasteiger partial charge in [-0.05, 0) is 24.0 Å². The molecule has 2 aromatic rings. The Hall–Kier alpha value is -2.14. The number of nitrogens with zero attached hydrogens (tertiary/aromatic N) is 1. The van der Waals surface area contributed by atoms with Crippen molar-refractivity contribution in [1.29, 1.82) is 0 Å². The number of aliphatic hydroxyl groups excluding tert-OH is 1. The van der Waals surface area contributed by atoms with Crippen molar-refractivity contribution in [2.75, 3.05) is 6.54 Å². The minimum atomic E-state index is -0.509. The van der Waals surface area contributed by atoms with Crippen molar-refractivity contribution in [1.82, 2.24) is 15.6 Å². The molecule has 1 atom stereocenters. The predicted molar refractivity (Wildman–Crippen MR) is 87.4 cm³/mol. The first-order chi connectivity index (χ1) is 10.6. The molecular weight excluding hydrogens is 278 g/mol. The number of aromatic nitrogens is 1. The number of carbonyl (C=O) groups excluding carboxylic acids is 1. The molecule has 0 saturated heterocycles. The zero-order valence-corrected chi connectivity index (χ0v) is 13.0. The molecule has 0 aliphatic heterocycles. The average Bonchev–Trinajstić information content (AvgIpc) is 2.50. The number of benzene rings is 1. The van der Waals surface area contributed by atoms with Gasteiger partial charge < -0.3 is 15.7 Å². The third-order valence-corrected chi connectivity index (χ3v) is 3.40. The molecule has 0 radical (unpaired) electrons. The highest BCUT2D eigenvalue weighted by Gasteiger charge is 2.09. The molecule has 2 rings (SSSR count). The zero-order valence-electron chi connectivity index (χ0n) is 13.0. The first-order valence-electron chi connectivity index (χ1n) is 7.58. The lowest BCUT2D eigenvalue weighted by molar-refractivity contribution is 0.147. The number of aliphatic hydroxyl groups is 1. The van der Waals surface area contributed by atoms with E-state index < -0.39 is 6.10 Å². The lowest BCUT2D eigenvalue weighted by Gasteiger charge is -2.14. The number of hydrogen-bond donors (Lipinski definition) is 3. The summed E-state index contributed by atoms with van der Waals surface area (Å²) in [6.45, 7) is 4.74. The Balaban J connectivity index is 1.85. The normalized spacial score (nSPS) is 12.4. The second kappa shape index (κ2) is 7.75. The number of para-hydroxylation sites is 1. The van der Waals surface area contributed by atoms with Gasteiger partial charge in [-0.25, -0.2) is 4.79 Å². The maximum Gasteiger partial charge on any atom is 0.315 e. The van der Waals surface area contributed by atoms with Crippen molar-refractivity contribution >= 4 is 16.9 Å². The van der Waals surface area contributed by atoms with Crippen LogP contribution in [-0.4, -0.2) is 28.8 Å². The fraction of sp³-hybridized carbons (Fsp3) is 0.412. The largest absolute Gasteiger partial charge is 0.391 e. The first kappa shape index (κ1) is 16.2. The highest BCUT2D eigenvalue weighted by molar-refractivity contribution is 5.82. The van der Waals surface area contributed by atoms with Gasteiger partial charge in [0.15, 0.2) is 0 Å². The minimum absolute atomic E-state index is 0.262. The second-order valence-electron chi connectivity index (χ2n) is 5.84. The van der Waals surface area contributed by atoms with Crippen LogP contribution < -0.4 is 10.6 Å². The van der Waals surface area contributed by atoms with Crippen LogP contribution in [-0.2, 0) is 6.54 Å². The maximum atomic E-state index is 11.8. The van der Waals surface area contributed by atoms with Crippen LogP contribution in [0.25, 0.3) is 10.9 Å². The van der Waals surface area contributed by atoms with Crippen LogP contribution in [0.15, 0.2) is 36.5 Å². The van der Waals surface area contributed by atoms with Crippen LogP contribution in [0.5, 0.6) is 0 Å². The van der Waals surface area contributed by atoms with Gasteiger partial charge in [0, 0.05) is 24.7 Å². The van der Waals surface area contributed by atoms with E-state index in [2.05, 4.69) is 15.6 Å². The van der Waals surface area contributed by atoms with Crippen LogP contribution >= 0.6 is 0 Å². The van der Waals surface area contributed by atoms with Crippen LogP contribution in [0.1, 0.15) is 25.8 Å². The lowest BCUT2D eigenvalue weighted by Crippen LogP contribution is -2.39. The standard InChI is InChI=1S/C17H23N3O2/c1-12(2)9-15(21)11-20-17(22)19-10-14-6-3-5-13-7-4-8-18-16(13)14/h3-8,12,15,21H,9-11H2,1-2H3,(H2,19,20,22). The molecular formula is C17H23N3O2. The molecule has 0 spiro atoms. The SMILES string of the molecule is CC(C)CC(O)CNC(=O)NCc1cccc2cccnc12. The van der Waals surface area contributed by atoms with Gasteiger partial charge in [0.2, 0.25) is 0 Å². The molecule has 118 valence electrons. The van der Waals surface area contributed by atoms with Crippen LogP contribution in [0.2, 0.25) is 0 Å². The quantitative estimate of drug-likeness (QED) is 0.767. The monoisotopic (exact) mass is 301 g/mol. The summed E-state index contributed by atoms with van der Waals surface area (Å²) in [5, 5.41) is 16.3. The molecule has 5 heteroatoms. The number of nitrogens with one attached hydrogen (secondary N) is 2. The fourth-order valence-corrected chi connectivity index (χ4v) is 2.39. The number of amides is 2. The maximum absolute atomic E-state index is 11.8. The molecule has 5 nitrogen and oxygen atoms in total. The molecule has 2 amide bonds. The van der Waals surface area contributed by atoms with E-state index in [9.17, 15) is 9.90 Å². The molecule has 1 aromatic carbocycles. The van der Waals surface area contributed by atoms with Crippen molar-refractivity contribution in [3.05, 3.63) is 42.1 Å². The van der Waals surface area contributed by atoms with Gasteiger partial charge in [-0.3, -0.25) is 4.98 Å². The van der Waals surface area contributed by atoms with Crippen molar-refractivity contribution in [3.63, 3.8) is 0 Å². The topological polar surface area (TPSA) is 74.2 Å². The van der Waals surface area contributed by atoms with Gasteiger partial charge in [-0.1, -0.05) is 38.1 Å². The van der Waals surface area contributed by atoms with E-state index in [1.165, 1.54) is 0 Å². The van der Waals surface area contributed by atoms with E-state index in [-0.39, 0.29) is 12.6 Å². The number of fused-ring (bicyclic) bond motifs is 1. The molecule has 0 fully saturated rings. The third-order valence-electron chi connectivity index (χ3n) is 3.40. The van der Waals surface area contributed by atoms with Crippen molar-refractivity contribution in [3.8, 4) is 0 Å². The third kappa shape index (κ3) is 4.70. The average molecular weight is 301 g/mol. The molecule has 0 aliphatic carbocycles. The highest BCUT2D eigenvalue weighted by atomic mass is 16.3. The van der Waals surface area contributed by atoms with E-state index in [4.69, 9.17) is 0 Å². The van der Waals surface area contributed by atoms with Gasteiger partial charge in [-0.15, -0.1) is 0 Å². The Kier molecular flexibility index (Phi) is 5.72. The number of carbonyl (C=O) groups is 1. The van der Waals surface area contributed by atoms with Crippen LogP contribution in [0.3, 0.4) is 0 Å². The number of pyridine rings is 1. The molecule has 0 bridgehead atoms. The summed E-state index contributed by atoms with van der Waals surface area (Å²) in [4.78, 5) is 16.1. The Labute approximate surface area is 130 Å². The molecule has 0 aliphatic rings. The van der Waals surface area contributed by atoms with E-state index >= 15 is 0 Å². The number of urea groups is 1. The van der Waals surface area contributed by atoms with Gasteiger partial charge in [-0.2, -0.15) is 0 Å². The molecule has 3 N–H and O–H groups in total. The minimum Gasteiger partial charge on any atom is -0.391 e. The molecule has 22 heavy (non-hydrogen) atoms. The highest BCUT2D eigenvalue weighted by Crippen LogP contribution is 2.15. The van der Waals surface area contributed by atoms with E-state index in [1.54, 1.807) is 6.20 Å². The van der Waals surface area contributed by atoms with Crippen molar-refractivity contribution in [2.24, 2.45) is 5.92 Å².